The number of ether oxygens (including phenoxy) is 1. The Balaban J connectivity index is 0.000000313. The van der Waals surface area contributed by atoms with Crippen LogP contribution in [-0.2, 0) is 6.61 Å². The first-order valence-electron chi connectivity index (χ1n) is 9.11. The van der Waals surface area contributed by atoms with Crippen molar-refractivity contribution in [3.63, 3.8) is 0 Å². The Morgan fingerprint density at radius 1 is 1.11 bits per heavy atom. The summed E-state index contributed by atoms with van der Waals surface area (Å²) in [5.41, 5.74) is 0.999. The van der Waals surface area contributed by atoms with E-state index >= 15 is 0 Å². The predicted octanol–water partition coefficient (Wildman–Crippen LogP) is 7.41. The summed E-state index contributed by atoms with van der Waals surface area (Å²) in [7, 11) is 0. The van der Waals surface area contributed by atoms with Crippen molar-refractivity contribution < 1.29 is 9.53 Å². The van der Waals surface area contributed by atoms with Gasteiger partial charge in [-0.05, 0) is 30.2 Å². The minimum absolute atomic E-state index is 0.102. The number of carbonyl (C=O) groups is 1. The first kappa shape index (κ1) is 22.0. The summed E-state index contributed by atoms with van der Waals surface area (Å²) in [5, 5.41) is 1.08. The number of hydrogen-bond donors (Lipinski definition) is 0. The van der Waals surface area contributed by atoms with Crippen molar-refractivity contribution in [2.24, 2.45) is 5.92 Å². The molecule has 1 fully saturated rings. The molecule has 0 bridgehead atoms. The molecule has 146 valence electrons. The molecule has 0 atom stereocenters. The van der Waals surface area contributed by atoms with Crippen LogP contribution in [0.25, 0.3) is 0 Å². The van der Waals surface area contributed by atoms with Gasteiger partial charge in [0.05, 0.1) is 15.7 Å². The topological polar surface area (TPSA) is 39.2 Å². The van der Waals surface area contributed by atoms with Crippen LogP contribution in [-0.4, -0.2) is 10.8 Å². The van der Waals surface area contributed by atoms with Crippen LogP contribution >= 0.6 is 34.8 Å². The van der Waals surface area contributed by atoms with Crippen molar-refractivity contribution >= 4 is 40.6 Å². The van der Waals surface area contributed by atoms with E-state index in [0.29, 0.717) is 32.2 Å². The lowest BCUT2D eigenvalue weighted by molar-refractivity contribution is 0.101. The third-order valence-corrected chi connectivity index (χ3v) is 5.17. The number of Topliss-reactive ketones (excluding diaryl/α,β-unsaturated/α-hetero) is 1. The lowest BCUT2D eigenvalue weighted by atomic mass is 9.91. The molecular weight excluding hydrogens is 405 g/mol. The Bertz CT molecular complexity index is 751. The van der Waals surface area contributed by atoms with E-state index in [4.69, 9.17) is 39.5 Å². The van der Waals surface area contributed by atoms with Gasteiger partial charge in [0, 0.05) is 11.9 Å². The summed E-state index contributed by atoms with van der Waals surface area (Å²) in [6.45, 7) is 3.97. The second-order valence-corrected chi connectivity index (χ2v) is 8.05. The zero-order chi connectivity index (χ0) is 19.8. The maximum absolute atomic E-state index is 11.3. The van der Waals surface area contributed by atoms with Gasteiger partial charge in [0.15, 0.2) is 11.5 Å². The zero-order valence-corrected chi connectivity index (χ0v) is 17.9. The highest BCUT2D eigenvalue weighted by Gasteiger charge is 2.10. The predicted molar refractivity (Wildman–Crippen MR) is 112 cm³/mol. The summed E-state index contributed by atoms with van der Waals surface area (Å²) >= 11 is 17.8. The van der Waals surface area contributed by atoms with Crippen LogP contribution in [0, 0.1) is 5.92 Å². The zero-order valence-electron chi connectivity index (χ0n) is 15.6. The summed E-state index contributed by atoms with van der Waals surface area (Å²) in [4.78, 5) is 15.4. The number of pyridine rings is 1. The maximum Gasteiger partial charge on any atom is 0.178 e. The van der Waals surface area contributed by atoms with Gasteiger partial charge in [-0.2, -0.15) is 0 Å². The number of rotatable bonds is 4. The van der Waals surface area contributed by atoms with Crippen LogP contribution in [0.1, 0.15) is 62.1 Å². The molecule has 0 radical (unpaired) electrons. The summed E-state index contributed by atoms with van der Waals surface area (Å²) in [5.74, 6) is 1.27. The van der Waals surface area contributed by atoms with Crippen LogP contribution in [0.3, 0.4) is 0 Å². The van der Waals surface area contributed by atoms with Gasteiger partial charge >= 0.3 is 0 Å². The molecule has 1 saturated carbocycles. The van der Waals surface area contributed by atoms with Crippen LogP contribution in [0.15, 0.2) is 30.3 Å². The Kier molecular flexibility index (Phi) is 8.88. The van der Waals surface area contributed by atoms with E-state index in [1.165, 1.54) is 39.0 Å². The SMILES string of the molecule is CC(=O)c1cccc(COc2c(Cl)cc(Cl)cc2Cl)n1.CC1CCCCC1. The van der Waals surface area contributed by atoms with Crippen molar-refractivity contribution in [3.05, 3.63) is 56.8 Å². The molecule has 0 amide bonds. The van der Waals surface area contributed by atoms with Crippen molar-refractivity contribution in [1.29, 1.82) is 0 Å². The minimum Gasteiger partial charge on any atom is -0.484 e. The second kappa shape index (κ2) is 10.9. The Morgan fingerprint density at radius 3 is 2.26 bits per heavy atom. The van der Waals surface area contributed by atoms with Crippen molar-refractivity contribution in [2.45, 2.75) is 52.6 Å². The third-order valence-electron chi connectivity index (χ3n) is 4.39. The molecule has 3 rings (SSSR count). The van der Waals surface area contributed by atoms with Gasteiger partial charge in [0.2, 0.25) is 0 Å². The lowest BCUT2D eigenvalue weighted by Crippen LogP contribution is -2.03. The number of benzene rings is 1. The Labute approximate surface area is 176 Å². The van der Waals surface area contributed by atoms with Gasteiger partial charge in [0.1, 0.15) is 12.3 Å². The molecular formula is C21H24Cl3NO2. The van der Waals surface area contributed by atoms with E-state index in [2.05, 4.69) is 11.9 Å². The minimum atomic E-state index is -0.102. The number of halogens is 3. The van der Waals surface area contributed by atoms with E-state index < -0.39 is 0 Å². The molecule has 1 aromatic heterocycles. The molecule has 1 aliphatic carbocycles. The van der Waals surface area contributed by atoms with E-state index in [-0.39, 0.29) is 12.4 Å². The van der Waals surface area contributed by atoms with Crippen molar-refractivity contribution in [3.8, 4) is 5.75 Å². The maximum atomic E-state index is 11.3. The molecule has 1 aliphatic rings. The third kappa shape index (κ3) is 7.33. The average Bonchev–Trinajstić information content (AvgIpc) is 2.62. The number of hydrogen-bond acceptors (Lipinski definition) is 3. The number of ketones is 1. The molecule has 0 unspecified atom stereocenters. The van der Waals surface area contributed by atoms with E-state index in [9.17, 15) is 4.79 Å². The Morgan fingerprint density at radius 2 is 1.74 bits per heavy atom. The molecule has 3 nitrogen and oxygen atoms in total. The lowest BCUT2D eigenvalue weighted by Gasteiger charge is -2.15. The molecule has 0 spiro atoms. The van der Waals surface area contributed by atoms with Gasteiger partial charge in [-0.15, -0.1) is 0 Å². The summed E-state index contributed by atoms with van der Waals surface area (Å²) < 4.78 is 5.55. The highest BCUT2D eigenvalue weighted by atomic mass is 35.5. The Hall–Kier alpha value is -1.29. The fourth-order valence-corrected chi connectivity index (χ4v) is 3.80. The van der Waals surface area contributed by atoms with Gasteiger partial charge < -0.3 is 4.74 Å². The monoisotopic (exact) mass is 427 g/mol. The van der Waals surface area contributed by atoms with Gasteiger partial charge in [-0.1, -0.05) is 79.9 Å². The second-order valence-electron chi connectivity index (χ2n) is 6.80. The molecule has 6 heteroatoms. The van der Waals surface area contributed by atoms with Gasteiger partial charge in [0.25, 0.3) is 0 Å². The normalized spacial score (nSPS) is 14.3. The molecule has 1 aromatic carbocycles. The van der Waals surface area contributed by atoms with Crippen molar-refractivity contribution in [1.82, 2.24) is 4.98 Å². The van der Waals surface area contributed by atoms with E-state index in [1.807, 2.05) is 0 Å². The van der Waals surface area contributed by atoms with Crippen LogP contribution in [0.5, 0.6) is 5.75 Å². The first-order valence-corrected chi connectivity index (χ1v) is 10.2. The largest absolute Gasteiger partial charge is 0.484 e. The van der Waals surface area contributed by atoms with Gasteiger partial charge in [-0.3, -0.25) is 4.79 Å². The van der Waals surface area contributed by atoms with Crippen LogP contribution in [0.2, 0.25) is 15.1 Å². The average molecular weight is 429 g/mol. The van der Waals surface area contributed by atoms with Crippen molar-refractivity contribution in [2.75, 3.05) is 0 Å². The fourth-order valence-electron chi connectivity index (χ4n) is 2.88. The number of aromatic nitrogens is 1. The van der Waals surface area contributed by atoms with Gasteiger partial charge in [-0.25, -0.2) is 4.98 Å². The standard InChI is InChI=1S/C14H10Cl3NO2.C7H14/c1-8(19)13-4-2-3-10(18-13)7-20-14-11(16)5-9(15)6-12(14)17;1-7-5-3-2-4-6-7/h2-6H,7H2,1H3;7H,2-6H2,1H3. The van der Waals surface area contributed by atoms with E-state index in [0.717, 1.165) is 5.92 Å². The molecule has 0 aliphatic heterocycles. The summed E-state index contributed by atoms with van der Waals surface area (Å²) in [6, 6.07) is 8.24. The molecule has 27 heavy (non-hydrogen) atoms. The highest BCUT2D eigenvalue weighted by molar-refractivity contribution is 6.40. The molecule has 1 heterocycles. The smallest absolute Gasteiger partial charge is 0.178 e. The van der Waals surface area contributed by atoms with E-state index in [1.54, 1.807) is 30.3 Å². The summed E-state index contributed by atoms with van der Waals surface area (Å²) in [6.07, 6.45) is 7.44. The molecule has 2 aromatic rings. The van der Waals surface area contributed by atoms with Crippen LogP contribution in [0.4, 0.5) is 0 Å². The van der Waals surface area contributed by atoms with Crippen LogP contribution < -0.4 is 4.74 Å². The first-order chi connectivity index (χ1) is 12.9. The number of carbonyl (C=O) groups excluding carboxylic acids is 1. The quantitative estimate of drug-likeness (QED) is 0.476. The fraction of sp³-hybridized carbons (Fsp3) is 0.429. The highest BCUT2D eigenvalue weighted by Crippen LogP contribution is 2.36. The number of nitrogens with zero attached hydrogens (tertiary/aromatic N) is 1. The molecule has 0 saturated heterocycles. The molecule has 0 N–H and O–H groups in total.